The van der Waals surface area contributed by atoms with Gasteiger partial charge in [-0.15, -0.1) is 0 Å². The second kappa shape index (κ2) is 6.16. The molecular weight excluding hydrogens is 374 g/mol. The third-order valence-electron chi connectivity index (χ3n) is 6.23. The van der Waals surface area contributed by atoms with E-state index in [0.29, 0.717) is 35.1 Å². The summed E-state index contributed by atoms with van der Waals surface area (Å²) in [5.41, 5.74) is 1.25. The number of rotatable bonds is 5. The Morgan fingerprint density at radius 3 is 2.65 bits per heavy atom. The zero-order valence-electron chi connectivity index (χ0n) is 14.1. The molecule has 23 heavy (non-hydrogen) atoms. The van der Waals surface area contributed by atoms with Crippen LogP contribution in [0.3, 0.4) is 0 Å². The van der Waals surface area contributed by atoms with Gasteiger partial charge in [0.2, 0.25) is 10.0 Å². The van der Waals surface area contributed by atoms with Crippen LogP contribution in [0, 0.1) is 23.2 Å². The number of nitrogens with one attached hydrogen (secondary N) is 1. The van der Waals surface area contributed by atoms with Crippen LogP contribution in [-0.2, 0) is 16.4 Å². The van der Waals surface area contributed by atoms with E-state index in [9.17, 15) is 8.42 Å². The van der Waals surface area contributed by atoms with Crippen LogP contribution < -0.4 is 4.72 Å². The Hall–Kier alpha value is -0.390. The van der Waals surface area contributed by atoms with Crippen molar-refractivity contribution < 1.29 is 8.42 Å². The van der Waals surface area contributed by atoms with Gasteiger partial charge < -0.3 is 0 Å². The average molecular weight is 400 g/mol. The highest BCUT2D eigenvalue weighted by molar-refractivity contribution is 9.10. The summed E-state index contributed by atoms with van der Waals surface area (Å²) < 4.78 is 29.2. The Labute approximate surface area is 148 Å². The van der Waals surface area contributed by atoms with E-state index in [1.54, 1.807) is 12.1 Å². The van der Waals surface area contributed by atoms with Gasteiger partial charge in [0.15, 0.2) is 0 Å². The van der Waals surface area contributed by atoms with Gasteiger partial charge in [-0.2, -0.15) is 0 Å². The van der Waals surface area contributed by atoms with Crippen molar-refractivity contribution in [3.63, 3.8) is 0 Å². The Morgan fingerprint density at radius 1 is 1.30 bits per heavy atom. The molecular formula is C18H26BrNO2S. The van der Waals surface area contributed by atoms with Crippen molar-refractivity contribution in [1.29, 1.82) is 0 Å². The molecule has 3 unspecified atom stereocenters. The van der Waals surface area contributed by atoms with Gasteiger partial charge in [-0.1, -0.05) is 36.7 Å². The van der Waals surface area contributed by atoms with E-state index in [1.807, 2.05) is 13.0 Å². The van der Waals surface area contributed by atoms with Crippen LogP contribution in [0.15, 0.2) is 27.6 Å². The predicted octanol–water partition coefficient (Wildman–Crippen LogP) is 4.36. The Kier molecular flexibility index (Phi) is 4.67. The quantitative estimate of drug-likeness (QED) is 0.798. The standard InChI is InChI=1S/C18H26BrNO2S/c1-4-12-9-15(19)7-8-17(12)23(21,22)20-11-13-5-6-14-10-16(13)18(14,2)3/h7-9,13-14,16,20H,4-6,10-11H2,1-3H3. The van der Waals surface area contributed by atoms with Gasteiger partial charge >= 0.3 is 0 Å². The summed E-state index contributed by atoms with van der Waals surface area (Å²) in [6, 6.07) is 5.40. The highest BCUT2D eigenvalue weighted by Gasteiger charge is 2.54. The minimum absolute atomic E-state index is 0.389. The third-order valence-corrected chi connectivity index (χ3v) is 8.25. The lowest BCUT2D eigenvalue weighted by molar-refractivity contribution is -0.102. The molecule has 0 amide bonds. The van der Waals surface area contributed by atoms with Crippen LogP contribution in [0.4, 0.5) is 0 Å². The van der Waals surface area contributed by atoms with Gasteiger partial charge in [-0.05, 0) is 72.6 Å². The van der Waals surface area contributed by atoms with Crippen molar-refractivity contribution in [2.24, 2.45) is 23.2 Å². The van der Waals surface area contributed by atoms with Gasteiger partial charge in [0, 0.05) is 11.0 Å². The fourth-order valence-corrected chi connectivity index (χ4v) is 6.38. The van der Waals surface area contributed by atoms with Crippen LogP contribution in [-0.4, -0.2) is 15.0 Å². The van der Waals surface area contributed by atoms with Gasteiger partial charge in [0.05, 0.1) is 4.90 Å². The molecule has 0 saturated heterocycles. The maximum absolute atomic E-state index is 12.7. The monoisotopic (exact) mass is 399 g/mol. The second-order valence-corrected chi connectivity index (χ2v) is 10.3. The van der Waals surface area contributed by atoms with E-state index in [2.05, 4.69) is 34.5 Å². The molecule has 0 aliphatic heterocycles. The van der Waals surface area contributed by atoms with E-state index in [4.69, 9.17) is 0 Å². The second-order valence-electron chi connectivity index (χ2n) is 7.66. The Morgan fingerprint density at radius 2 is 2.04 bits per heavy atom. The highest BCUT2D eigenvalue weighted by Crippen LogP contribution is 2.61. The summed E-state index contributed by atoms with van der Waals surface area (Å²) >= 11 is 3.42. The van der Waals surface area contributed by atoms with Crippen LogP contribution in [0.25, 0.3) is 0 Å². The van der Waals surface area contributed by atoms with E-state index < -0.39 is 10.0 Å². The highest BCUT2D eigenvalue weighted by atomic mass is 79.9. The number of sulfonamides is 1. The smallest absolute Gasteiger partial charge is 0.211 e. The predicted molar refractivity (Wildman–Crippen MR) is 96.8 cm³/mol. The maximum Gasteiger partial charge on any atom is 0.240 e. The molecule has 3 aliphatic carbocycles. The van der Waals surface area contributed by atoms with Gasteiger partial charge in [-0.25, -0.2) is 13.1 Å². The lowest BCUT2D eigenvalue weighted by Gasteiger charge is -2.60. The molecule has 0 heterocycles. The molecule has 1 aromatic carbocycles. The minimum Gasteiger partial charge on any atom is -0.211 e. The molecule has 128 valence electrons. The molecule has 0 radical (unpaired) electrons. The first-order valence-electron chi connectivity index (χ1n) is 8.53. The lowest BCUT2D eigenvalue weighted by Crippen LogP contribution is -2.54. The first-order valence-corrected chi connectivity index (χ1v) is 10.8. The summed E-state index contributed by atoms with van der Waals surface area (Å²) in [6.07, 6.45) is 4.38. The molecule has 1 aromatic rings. The van der Waals surface area contributed by atoms with Crippen molar-refractivity contribution in [2.45, 2.75) is 51.3 Å². The number of hydrogen-bond acceptors (Lipinski definition) is 2. The minimum atomic E-state index is -3.43. The van der Waals surface area contributed by atoms with Crippen LogP contribution >= 0.6 is 15.9 Å². The first-order chi connectivity index (χ1) is 10.8. The normalized spacial score (nSPS) is 29.1. The molecule has 0 aromatic heterocycles. The molecule has 2 bridgehead atoms. The van der Waals surface area contributed by atoms with Crippen LogP contribution in [0.1, 0.15) is 45.6 Å². The summed E-state index contributed by atoms with van der Waals surface area (Å²) in [5.74, 6) is 1.99. The van der Waals surface area contributed by atoms with Crippen molar-refractivity contribution in [3.8, 4) is 0 Å². The molecule has 3 aliphatic rings. The SMILES string of the molecule is CCc1cc(Br)ccc1S(=O)(=O)NCC1CCC2CC1C2(C)C. The van der Waals surface area contributed by atoms with Crippen LogP contribution in [0.5, 0.6) is 0 Å². The molecule has 3 fully saturated rings. The van der Waals surface area contributed by atoms with E-state index in [-0.39, 0.29) is 0 Å². The summed E-state index contributed by atoms with van der Waals surface area (Å²) in [7, 11) is -3.43. The molecule has 4 rings (SSSR count). The zero-order chi connectivity index (χ0) is 16.8. The summed E-state index contributed by atoms with van der Waals surface area (Å²) in [4.78, 5) is 0.421. The molecule has 3 nitrogen and oxygen atoms in total. The van der Waals surface area contributed by atoms with Gasteiger partial charge in [0.25, 0.3) is 0 Å². The summed E-state index contributed by atoms with van der Waals surface area (Å²) in [5, 5.41) is 0. The molecule has 0 spiro atoms. The van der Waals surface area contributed by atoms with Gasteiger partial charge in [0.1, 0.15) is 0 Å². The lowest BCUT2D eigenvalue weighted by atomic mass is 9.45. The topological polar surface area (TPSA) is 46.2 Å². The number of halogens is 1. The Balaban J connectivity index is 1.72. The average Bonchev–Trinajstić information content (AvgIpc) is 2.52. The number of fused-ring (bicyclic) bond motifs is 2. The fraction of sp³-hybridized carbons (Fsp3) is 0.667. The first kappa shape index (κ1) is 17.4. The van der Waals surface area contributed by atoms with Gasteiger partial charge in [-0.3, -0.25) is 0 Å². The maximum atomic E-state index is 12.7. The van der Waals surface area contributed by atoms with Crippen molar-refractivity contribution in [1.82, 2.24) is 4.72 Å². The molecule has 5 heteroatoms. The zero-order valence-corrected chi connectivity index (χ0v) is 16.5. The fourth-order valence-electron chi connectivity index (χ4n) is 4.59. The molecule has 3 saturated carbocycles. The van der Waals surface area contributed by atoms with E-state index in [1.165, 1.54) is 12.8 Å². The largest absolute Gasteiger partial charge is 0.240 e. The van der Waals surface area contributed by atoms with Crippen molar-refractivity contribution >= 4 is 26.0 Å². The van der Waals surface area contributed by atoms with Crippen LogP contribution in [0.2, 0.25) is 0 Å². The van der Waals surface area contributed by atoms with E-state index >= 15 is 0 Å². The summed E-state index contributed by atoms with van der Waals surface area (Å²) in [6.45, 7) is 7.24. The molecule has 1 N–H and O–H groups in total. The number of benzene rings is 1. The molecule has 3 atom stereocenters. The number of aryl methyl sites for hydroxylation is 1. The van der Waals surface area contributed by atoms with Crippen molar-refractivity contribution in [3.05, 3.63) is 28.2 Å². The Bertz CT molecular complexity index is 697. The van der Waals surface area contributed by atoms with Crippen molar-refractivity contribution in [2.75, 3.05) is 6.54 Å². The van der Waals surface area contributed by atoms with E-state index in [0.717, 1.165) is 22.4 Å². The number of hydrogen-bond donors (Lipinski definition) is 1. The third kappa shape index (κ3) is 3.12.